The molecule has 2 rings (SSSR count). The monoisotopic (exact) mass is 351 g/mol. The first-order chi connectivity index (χ1) is 9.63. The lowest BCUT2D eigenvalue weighted by atomic mass is 9.99. The number of hydrogen-bond donors (Lipinski definition) is 1. The van der Waals surface area contributed by atoms with Crippen LogP contribution < -0.4 is 10.5 Å². The molecule has 0 spiro atoms. The van der Waals surface area contributed by atoms with Gasteiger partial charge in [-0.1, -0.05) is 28.1 Å². The molecule has 0 amide bonds. The lowest BCUT2D eigenvalue weighted by molar-refractivity contribution is 0.414. The molecule has 0 fully saturated rings. The summed E-state index contributed by atoms with van der Waals surface area (Å²) in [5, 5.41) is 0. The van der Waals surface area contributed by atoms with Crippen LogP contribution in [0.3, 0.4) is 0 Å². The summed E-state index contributed by atoms with van der Waals surface area (Å²) >= 11 is 5.30. The number of hydrogen-bond acceptors (Lipinski definition) is 3. The molecular weight excluding hydrogens is 334 g/mol. The third-order valence-electron chi connectivity index (χ3n) is 3.24. The highest BCUT2D eigenvalue weighted by Gasteiger charge is 2.10. The molecule has 1 atom stereocenters. The van der Waals surface area contributed by atoms with Crippen LogP contribution in [0.2, 0.25) is 0 Å². The maximum absolute atomic E-state index is 6.31. The van der Waals surface area contributed by atoms with Crippen LogP contribution in [0, 0.1) is 0 Å². The molecule has 2 N–H and O–H groups in total. The molecular formula is C16H18BrNOS. The van der Waals surface area contributed by atoms with Crippen molar-refractivity contribution in [1.82, 2.24) is 0 Å². The first-order valence-corrected chi connectivity index (χ1v) is 8.37. The summed E-state index contributed by atoms with van der Waals surface area (Å²) in [6, 6.07) is 14.4. The quantitative estimate of drug-likeness (QED) is 0.809. The maximum Gasteiger partial charge on any atom is 0.119 e. The van der Waals surface area contributed by atoms with Crippen molar-refractivity contribution in [3.05, 3.63) is 58.1 Å². The molecule has 0 aliphatic rings. The smallest absolute Gasteiger partial charge is 0.119 e. The van der Waals surface area contributed by atoms with Gasteiger partial charge in [-0.25, -0.2) is 0 Å². The van der Waals surface area contributed by atoms with Crippen molar-refractivity contribution in [1.29, 1.82) is 0 Å². The number of ether oxygens (including phenoxy) is 1. The van der Waals surface area contributed by atoms with Crippen LogP contribution in [0.1, 0.15) is 17.2 Å². The van der Waals surface area contributed by atoms with Crippen molar-refractivity contribution < 1.29 is 4.74 Å². The van der Waals surface area contributed by atoms with Crippen LogP contribution in [0.4, 0.5) is 0 Å². The molecule has 2 nitrogen and oxygen atoms in total. The van der Waals surface area contributed by atoms with Crippen molar-refractivity contribution in [3.63, 3.8) is 0 Å². The SMILES string of the molecule is COc1ccc(Br)c(CC(N)c2ccc(SC)cc2)c1. The van der Waals surface area contributed by atoms with Gasteiger partial charge in [0, 0.05) is 15.4 Å². The van der Waals surface area contributed by atoms with Crippen LogP contribution >= 0.6 is 27.7 Å². The van der Waals surface area contributed by atoms with Crippen molar-refractivity contribution in [2.24, 2.45) is 5.73 Å². The Morgan fingerprint density at radius 1 is 1.20 bits per heavy atom. The molecule has 0 aliphatic heterocycles. The molecule has 0 bridgehead atoms. The number of methoxy groups -OCH3 is 1. The van der Waals surface area contributed by atoms with Gasteiger partial charge in [-0.2, -0.15) is 0 Å². The Hall–Kier alpha value is -0.970. The summed E-state index contributed by atoms with van der Waals surface area (Å²) in [4.78, 5) is 1.25. The van der Waals surface area contributed by atoms with Gasteiger partial charge in [0.15, 0.2) is 0 Å². The van der Waals surface area contributed by atoms with Gasteiger partial charge < -0.3 is 10.5 Å². The minimum atomic E-state index is -0.0192. The lowest BCUT2D eigenvalue weighted by Crippen LogP contribution is -2.13. The topological polar surface area (TPSA) is 35.2 Å². The van der Waals surface area contributed by atoms with Crippen LogP contribution in [0.5, 0.6) is 5.75 Å². The van der Waals surface area contributed by atoms with Crippen molar-refractivity contribution in [2.75, 3.05) is 13.4 Å². The van der Waals surface area contributed by atoms with Crippen molar-refractivity contribution in [2.45, 2.75) is 17.4 Å². The largest absolute Gasteiger partial charge is 0.497 e. The molecule has 0 aromatic heterocycles. The van der Waals surface area contributed by atoms with E-state index in [0.717, 1.165) is 27.8 Å². The van der Waals surface area contributed by atoms with E-state index >= 15 is 0 Å². The van der Waals surface area contributed by atoms with Gasteiger partial charge in [-0.15, -0.1) is 11.8 Å². The van der Waals surface area contributed by atoms with Gasteiger partial charge in [-0.05, 0) is 54.1 Å². The fourth-order valence-corrected chi connectivity index (χ4v) is 2.86. The standard InChI is InChI=1S/C16H18BrNOS/c1-19-13-5-8-15(17)12(9-13)10-16(18)11-3-6-14(20-2)7-4-11/h3-9,16H,10,18H2,1-2H3. The summed E-state index contributed by atoms with van der Waals surface area (Å²) in [5.74, 6) is 0.855. The highest BCUT2D eigenvalue weighted by atomic mass is 79.9. The van der Waals surface area contributed by atoms with E-state index in [1.807, 2.05) is 18.2 Å². The number of thioether (sulfide) groups is 1. The zero-order valence-corrected chi connectivity index (χ0v) is 14.0. The number of nitrogens with two attached hydrogens (primary N) is 1. The molecule has 2 aromatic carbocycles. The van der Waals surface area contributed by atoms with E-state index in [2.05, 4.69) is 46.5 Å². The predicted molar refractivity (Wildman–Crippen MR) is 89.5 cm³/mol. The molecule has 0 aliphatic carbocycles. The zero-order chi connectivity index (χ0) is 14.5. The average Bonchev–Trinajstić information content (AvgIpc) is 2.49. The number of benzene rings is 2. The average molecular weight is 352 g/mol. The summed E-state index contributed by atoms with van der Waals surface area (Å²) in [6.07, 6.45) is 2.85. The first kappa shape index (κ1) is 15.4. The highest BCUT2D eigenvalue weighted by Crippen LogP contribution is 2.27. The third kappa shape index (κ3) is 3.78. The minimum absolute atomic E-state index is 0.0192. The molecule has 0 radical (unpaired) electrons. The Kier molecular flexibility index (Phi) is 5.52. The van der Waals surface area contributed by atoms with E-state index in [1.54, 1.807) is 18.9 Å². The second-order valence-corrected chi connectivity index (χ2v) is 6.28. The van der Waals surface area contributed by atoms with Gasteiger partial charge in [0.05, 0.1) is 7.11 Å². The Bertz CT molecular complexity index is 571. The molecule has 4 heteroatoms. The maximum atomic E-state index is 6.31. The molecule has 106 valence electrons. The first-order valence-electron chi connectivity index (χ1n) is 6.36. The highest BCUT2D eigenvalue weighted by molar-refractivity contribution is 9.10. The molecule has 0 saturated heterocycles. The van der Waals surface area contributed by atoms with Gasteiger partial charge >= 0.3 is 0 Å². The van der Waals surface area contributed by atoms with Gasteiger partial charge in [-0.3, -0.25) is 0 Å². The van der Waals surface area contributed by atoms with Gasteiger partial charge in [0.25, 0.3) is 0 Å². The lowest BCUT2D eigenvalue weighted by Gasteiger charge is -2.14. The normalized spacial score (nSPS) is 12.2. The van der Waals surface area contributed by atoms with E-state index < -0.39 is 0 Å². The van der Waals surface area contributed by atoms with E-state index in [0.29, 0.717) is 0 Å². The summed E-state index contributed by atoms with van der Waals surface area (Å²) in [6.45, 7) is 0. The fourth-order valence-electron chi connectivity index (χ4n) is 2.04. The van der Waals surface area contributed by atoms with Gasteiger partial charge in [0.2, 0.25) is 0 Å². The Morgan fingerprint density at radius 3 is 2.50 bits per heavy atom. The number of halogens is 1. The Labute approximate surface area is 132 Å². The van der Waals surface area contributed by atoms with E-state index in [1.165, 1.54) is 4.90 Å². The predicted octanol–water partition coefficient (Wildman–Crippen LogP) is 4.42. The van der Waals surface area contributed by atoms with Crippen LogP contribution in [0.25, 0.3) is 0 Å². The molecule has 20 heavy (non-hydrogen) atoms. The van der Waals surface area contributed by atoms with E-state index in [4.69, 9.17) is 10.5 Å². The van der Waals surface area contributed by atoms with E-state index in [-0.39, 0.29) is 6.04 Å². The number of rotatable bonds is 5. The molecule has 0 saturated carbocycles. The second-order valence-electron chi connectivity index (χ2n) is 4.54. The zero-order valence-electron chi connectivity index (χ0n) is 11.6. The molecule has 2 aromatic rings. The Morgan fingerprint density at radius 2 is 1.90 bits per heavy atom. The van der Waals surface area contributed by atoms with Gasteiger partial charge in [0.1, 0.15) is 5.75 Å². The Balaban J connectivity index is 2.15. The summed E-state index contributed by atoms with van der Waals surface area (Å²) < 4.78 is 6.33. The summed E-state index contributed by atoms with van der Waals surface area (Å²) in [5.41, 5.74) is 8.62. The minimum Gasteiger partial charge on any atom is -0.497 e. The summed E-state index contributed by atoms with van der Waals surface area (Å²) in [7, 11) is 1.67. The van der Waals surface area contributed by atoms with Crippen molar-refractivity contribution >= 4 is 27.7 Å². The van der Waals surface area contributed by atoms with Crippen molar-refractivity contribution in [3.8, 4) is 5.75 Å². The van der Waals surface area contributed by atoms with Crippen LogP contribution in [-0.2, 0) is 6.42 Å². The van der Waals surface area contributed by atoms with Crippen LogP contribution in [0.15, 0.2) is 51.8 Å². The van der Waals surface area contributed by atoms with Crippen LogP contribution in [-0.4, -0.2) is 13.4 Å². The van der Waals surface area contributed by atoms with E-state index in [9.17, 15) is 0 Å². The second kappa shape index (κ2) is 7.16. The third-order valence-corrected chi connectivity index (χ3v) is 4.75. The molecule has 1 unspecified atom stereocenters. The fraction of sp³-hybridized carbons (Fsp3) is 0.250. The molecule has 0 heterocycles.